The van der Waals surface area contributed by atoms with Gasteiger partial charge in [0.2, 0.25) is 5.89 Å². The van der Waals surface area contributed by atoms with Crippen molar-refractivity contribution in [3.05, 3.63) is 60.6 Å². The average molecular weight is 275 g/mol. The van der Waals surface area contributed by atoms with Gasteiger partial charge in [0, 0.05) is 11.1 Å². The number of H-pyrrole nitrogens is 1. The van der Waals surface area contributed by atoms with Crippen LogP contribution < -0.4 is 0 Å². The van der Waals surface area contributed by atoms with Crippen LogP contribution in [0.1, 0.15) is 5.82 Å². The third-order valence-electron chi connectivity index (χ3n) is 3.41. The van der Waals surface area contributed by atoms with E-state index in [2.05, 4.69) is 15.0 Å². The number of rotatable bonds is 2. The van der Waals surface area contributed by atoms with Crippen LogP contribution in [-0.4, -0.2) is 15.0 Å². The van der Waals surface area contributed by atoms with Crippen molar-refractivity contribution in [1.29, 1.82) is 0 Å². The number of hydrogen-bond acceptors (Lipinski definition) is 3. The zero-order chi connectivity index (χ0) is 14.2. The van der Waals surface area contributed by atoms with E-state index >= 15 is 0 Å². The van der Waals surface area contributed by atoms with E-state index in [-0.39, 0.29) is 0 Å². The summed E-state index contributed by atoms with van der Waals surface area (Å²) in [5, 5.41) is 0. The van der Waals surface area contributed by atoms with E-state index in [1.54, 1.807) is 6.20 Å². The van der Waals surface area contributed by atoms with Crippen LogP contribution in [0.15, 0.2) is 59.1 Å². The Bertz CT molecular complexity index is 906. The summed E-state index contributed by atoms with van der Waals surface area (Å²) in [6, 6.07) is 15.9. The Morgan fingerprint density at radius 2 is 1.86 bits per heavy atom. The highest BCUT2D eigenvalue weighted by atomic mass is 16.4. The van der Waals surface area contributed by atoms with Crippen molar-refractivity contribution in [2.75, 3.05) is 0 Å². The molecule has 4 nitrogen and oxygen atoms in total. The summed E-state index contributed by atoms with van der Waals surface area (Å²) >= 11 is 0. The van der Waals surface area contributed by atoms with Crippen LogP contribution in [0.3, 0.4) is 0 Å². The molecule has 0 aliphatic carbocycles. The van der Waals surface area contributed by atoms with Gasteiger partial charge in [-0.05, 0) is 25.1 Å². The predicted octanol–water partition coefficient (Wildman–Crippen LogP) is 4.19. The van der Waals surface area contributed by atoms with Crippen molar-refractivity contribution in [2.45, 2.75) is 6.92 Å². The van der Waals surface area contributed by atoms with Crippen molar-refractivity contribution in [3.8, 4) is 22.8 Å². The van der Waals surface area contributed by atoms with E-state index in [1.807, 2.05) is 55.5 Å². The molecule has 0 amide bonds. The fraction of sp³-hybridized carbons (Fsp3) is 0.0588. The molecule has 0 unspecified atom stereocenters. The Morgan fingerprint density at radius 1 is 1.00 bits per heavy atom. The molecule has 102 valence electrons. The quantitative estimate of drug-likeness (QED) is 0.596. The second kappa shape index (κ2) is 4.59. The van der Waals surface area contributed by atoms with E-state index < -0.39 is 0 Å². The zero-order valence-electron chi connectivity index (χ0n) is 11.5. The van der Waals surface area contributed by atoms with Crippen LogP contribution in [0, 0.1) is 6.92 Å². The van der Waals surface area contributed by atoms with E-state index in [4.69, 9.17) is 4.42 Å². The SMILES string of the molecule is Cc1nc2ccc(-c3ncc(-c4ccccc4)o3)cc2[nH]1. The molecule has 4 rings (SSSR count). The van der Waals surface area contributed by atoms with Crippen LogP contribution in [0.2, 0.25) is 0 Å². The lowest BCUT2D eigenvalue weighted by Gasteiger charge is -1.97. The minimum absolute atomic E-state index is 0.614. The Kier molecular flexibility index (Phi) is 2.60. The lowest BCUT2D eigenvalue weighted by molar-refractivity contribution is 0.589. The number of aromatic amines is 1. The number of nitrogens with one attached hydrogen (secondary N) is 1. The lowest BCUT2D eigenvalue weighted by Crippen LogP contribution is -1.77. The van der Waals surface area contributed by atoms with Gasteiger partial charge in [0.25, 0.3) is 0 Å². The molecule has 0 aliphatic rings. The highest BCUT2D eigenvalue weighted by Gasteiger charge is 2.09. The Labute approximate surface area is 121 Å². The molecule has 1 N–H and O–H groups in total. The van der Waals surface area contributed by atoms with Crippen molar-refractivity contribution >= 4 is 11.0 Å². The highest BCUT2D eigenvalue weighted by molar-refractivity contribution is 5.80. The molecule has 0 bridgehead atoms. The minimum atomic E-state index is 0.614. The zero-order valence-corrected chi connectivity index (χ0v) is 11.5. The average Bonchev–Trinajstić information content (AvgIpc) is 3.12. The van der Waals surface area contributed by atoms with Crippen LogP contribution in [0.5, 0.6) is 0 Å². The maximum absolute atomic E-state index is 5.87. The Morgan fingerprint density at radius 3 is 2.71 bits per heavy atom. The van der Waals surface area contributed by atoms with Gasteiger partial charge >= 0.3 is 0 Å². The molecule has 4 heteroatoms. The van der Waals surface area contributed by atoms with Crippen LogP contribution in [-0.2, 0) is 0 Å². The molecule has 0 saturated carbocycles. The van der Waals surface area contributed by atoms with Gasteiger partial charge in [0.05, 0.1) is 17.2 Å². The molecule has 2 heterocycles. The summed E-state index contributed by atoms with van der Waals surface area (Å²) in [5.41, 5.74) is 3.90. The first kappa shape index (κ1) is 11.9. The number of benzene rings is 2. The van der Waals surface area contributed by atoms with E-state index in [0.717, 1.165) is 33.7 Å². The number of fused-ring (bicyclic) bond motifs is 1. The van der Waals surface area contributed by atoms with Gasteiger partial charge in [-0.2, -0.15) is 0 Å². The number of hydrogen-bond donors (Lipinski definition) is 1. The molecule has 0 fully saturated rings. The van der Waals surface area contributed by atoms with Gasteiger partial charge in [-0.3, -0.25) is 0 Å². The molecule has 21 heavy (non-hydrogen) atoms. The van der Waals surface area contributed by atoms with Crippen LogP contribution in [0.25, 0.3) is 33.8 Å². The summed E-state index contributed by atoms with van der Waals surface area (Å²) in [6.45, 7) is 1.94. The van der Waals surface area contributed by atoms with Gasteiger partial charge in [-0.1, -0.05) is 30.3 Å². The standard InChI is InChI=1S/C17H13N3O/c1-11-19-14-8-7-13(9-15(14)20-11)17-18-10-16(21-17)12-5-3-2-4-6-12/h2-10H,1H3,(H,19,20). The third kappa shape index (κ3) is 2.10. The highest BCUT2D eigenvalue weighted by Crippen LogP contribution is 2.27. The first-order chi connectivity index (χ1) is 10.3. The number of aryl methyl sites for hydroxylation is 1. The van der Waals surface area contributed by atoms with Crippen molar-refractivity contribution in [3.63, 3.8) is 0 Å². The molecule has 0 saturated heterocycles. The van der Waals surface area contributed by atoms with E-state index in [1.165, 1.54) is 0 Å². The summed E-state index contributed by atoms with van der Waals surface area (Å²) in [5.74, 6) is 2.29. The molecule has 0 radical (unpaired) electrons. The normalized spacial score (nSPS) is 11.1. The maximum Gasteiger partial charge on any atom is 0.226 e. The largest absolute Gasteiger partial charge is 0.436 e. The smallest absolute Gasteiger partial charge is 0.226 e. The predicted molar refractivity (Wildman–Crippen MR) is 81.8 cm³/mol. The fourth-order valence-corrected chi connectivity index (χ4v) is 2.41. The number of nitrogens with zero attached hydrogens (tertiary/aromatic N) is 2. The topological polar surface area (TPSA) is 54.7 Å². The van der Waals surface area contributed by atoms with Crippen LogP contribution >= 0.6 is 0 Å². The van der Waals surface area contributed by atoms with Gasteiger partial charge < -0.3 is 9.40 Å². The summed E-state index contributed by atoms with van der Waals surface area (Å²) in [7, 11) is 0. The summed E-state index contributed by atoms with van der Waals surface area (Å²) in [6.07, 6.45) is 1.76. The molecule has 4 aromatic rings. The molecule has 0 atom stereocenters. The lowest BCUT2D eigenvalue weighted by atomic mass is 10.2. The molecular formula is C17H13N3O. The monoisotopic (exact) mass is 275 g/mol. The molecule has 0 spiro atoms. The van der Waals surface area contributed by atoms with Crippen molar-refractivity contribution in [2.24, 2.45) is 0 Å². The molecular weight excluding hydrogens is 262 g/mol. The molecule has 2 aromatic carbocycles. The van der Waals surface area contributed by atoms with E-state index in [9.17, 15) is 0 Å². The Balaban J connectivity index is 1.77. The van der Waals surface area contributed by atoms with Gasteiger partial charge in [-0.15, -0.1) is 0 Å². The molecule has 0 aliphatic heterocycles. The van der Waals surface area contributed by atoms with Crippen molar-refractivity contribution in [1.82, 2.24) is 15.0 Å². The van der Waals surface area contributed by atoms with Gasteiger partial charge in [0.1, 0.15) is 5.82 Å². The van der Waals surface area contributed by atoms with Gasteiger partial charge in [-0.25, -0.2) is 9.97 Å². The van der Waals surface area contributed by atoms with Crippen LogP contribution in [0.4, 0.5) is 0 Å². The summed E-state index contributed by atoms with van der Waals surface area (Å²) in [4.78, 5) is 12.0. The minimum Gasteiger partial charge on any atom is -0.436 e. The maximum atomic E-state index is 5.87. The third-order valence-corrected chi connectivity index (χ3v) is 3.41. The number of aromatic nitrogens is 3. The first-order valence-corrected chi connectivity index (χ1v) is 6.77. The molecule has 2 aromatic heterocycles. The second-order valence-electron chi connectivity index (χ2n) is 4.95. The summed E-state index contributed by atoms with van der Waals surface area (Å²) < 4.78 is 5.87. The first-order valence-electron chi connectivity index (χ1n) is 6.77. The van der Waals surface area contributed by atoms with E-state index in [0.29, 0.717) is 5.89 Å². The number of oxazole rings is 1. The number of imidazole rings is 1. The fourth-order valence-electron chi connectivity index (χ4n) is 2.41. The van der Waals surface area contributed by atoms with Gasteiger partial charge in [0.15, 0.2) is 5.76 Å². The second-order valence-corrected chi connectivity index (χ2v) is 4.95. The Hall–Kier alpha value is -2.88. The van der Waals surface area contributed by atoms with Crippen molar-refractivity contribution < 1.29 is 4.42 Å².